The number of fused-ring (bicyclic) bond motifs is 1. The van der Waals surface area contributed by atoms with Crippen LogP contribution in [0.2, 0.25) is 0 Å². The number of aryl methyl sites for hydroxylation is 4. The summed E-state index contributed by atoms with van der Waals surface area (Å²) in [5, 5.41) is 8.53. The van der Waals surface area contributed by atoms with Gasteiger partial charge in [-0.1, -0.05) is 0 Å². The molecule has 0 fully saturated rings. The molecular formula is C15H19BrN4OS. The van der Waals surface area contributed by atoms with Crippen molar-refractivity contribution in [3.8, 4) is 0 Å². The molecule has 2 aromatic heterocycles. The minimum Gasteiger partial charge on any atom is -0.383 e. The highest BCUT2D eigenvalue weighted by Crippen LogP contribution is 2.27. The van der Waals surface area contributed by atoms with E-state index in [0.717, 1.165) is 31.5 Å². The number of rotatable bonds is 5. The second-order valence-electron chi connectivity index (χ2n) is 5.52. The Balaban J connectivity index is 1.53. The molecule has 22 heavy (non-hydrogen) atoms. The number of hydrogen-bond donors (Lipinski definition) is 1. The molecule has 7 heteroatoms. The maximum absolute atomic E-state index is 11.8. The SMILES string of the molecule is Cn1ncc(NCCCc2nc3c(s2)CCCC3)c(Br)c1=O. The van der Waals surface area contributed by atoms with Gasteiger partial charge in [-0.2, -0.15) is 5.10 Å². The fourth-order valence-corrected chi connectivity index (χ4v) is 4.31. The van der Waals surface area contributed by atoms with E-state index in [1.807, 2.05) is 11.3 Å². The minimum absolute atomic E-state index is 0.127. The van der Waals surface area contributed by atoms with Gasteiger partial charge in [0, 0.05) is 24.9 Å². The van der Waals surface area contributed by atoms with Crippen LogP contribution in [-0.2, 0) is 26.3 Å². The van der Waals surface area contributed by atoms with Crippen molar-refractivity contribution in [2.75, 3.05) is 11.9 Å². The quantitative estimate of drug-likeness (QED) is 0.807. The second-order valence-corrected chi connectivity index (χ2v) is 7.48. The van der Waals surface area contributed by atoms with E-state index in [4.69, 9.17) is 4.98 Å². The lowest BCUT2D eigenvalue weighted by Crippen LogP contribution is -2.21. The molecule has 1 aliphatic carbocycles. The molecule has 2 heterocycles. The van der Waals surface area contributed by atoms with Gasteiger partial charge in [0.15, 0.2) is 0 Å². The fraction of sp³-hybridized carbons (Fsp3) is 0.533. The lowest BCUT2D eigenvalue weighted by atomic mass is 10.0. The first-order valence-corrected chi connectivity index (χ1v) is 9.19. The number of thiazole rings is 1. The van der Waals surface area contributed by atoms with Gasteiger partial charge < -0.3 is 5.32 Å². The van der Waals surface area contributed by atoms with Crippen LogP contribution in [-0.4, -0.2) is 21.3 Å². The highest BCUT2D eigenvalue weighted by molar-refractivity contribution is 9.10. The normalized spacial score (nSPS) is 13.9. The Morgan fingerprint density at radius 2 is 2.23 bits per heavy atom. The Kier molecular flexibility index (Phi) is 4.93. The molecule has 0 saturated heterocycles. The van der Waals surface area contributed by atoms with Crippen LogP contribution in [0, 0.1) is 0 Å². The van der Waals surface area contributed by atoms with Gasteiger partial charge in [-0.05, 0) is 48.0 Å². The smallest absolute Gasteiger partial charge is 0.282 e. The first kappa shape index (κ1) is 15.7. The van der Waals surface area contributed by atoms with Crippen molar-refractivity contribution >= 4 is 33.0 Å². The summed E-state index contributed by atoms with van der Waals surface area (Å²) in [6, 6.07) is 0. The van der Waals surface area contributed by atoms with Crippen LogP contribution in [0.15, 0.2) is 15.5 Å². The van der Waals surface area contributed by atoms with E-state index in [1.165, 1.54) is 39.5 Å². The molecule has 0 atom stereocenters. The summed E-state index contributed by atoms with van der Waals surface area (Å²) in [6.45, 7) is 0.803. The Morgan fingerprint density at radius 3 is 3.05 bits per heavy atom. The molecule has 1 N–H and O–H groups in total. The minimum atomic E-state index is -0.127. The van der Waals surface area contributed by atoms with Crippen molar-refractivity contribution in [1.82, 2.24) is 14.8 Å². The molecule has 118 valence electrons. The van der Waals surface area contributed by atoms with Gasteiger partial charge >= 0.3 is 0 Å². The summed E-state index contributed by atoms with van der Waals surface area (Å²) < 4.78 is 1.85. The lowest BCUT2D eigenvalue weighted by molar-refractivity contribution is 0.679. The molecule has 0 aliphatic heterocycles. The van der Waals surface area contributed by atoms with Crippen LogP contribution in [0.4, 0.5) is 5.69 Å². The number of hydrogen-bond acceptors (Lipinski definition) is 5. The van der Waals surface area contributed by atoms with Gasteiger partial charge in [0.05, 0.1) is 22.6 Å². The van der Waals surface area contributed by atoms with E-state index >= 15 is 0 Å². The zero-order valence-electron chi connectivity index (χ0n) is 12.6. The first-order valence-electron chi connectivity index (χ1n) is 7.58. The third kappa shape index (κ3) is 3.41. The number of anilines is 1. The van der Waals surface area contributed by atoms with Crippen molar-refractivity contribution in [3.05, 3.63) is 36.6 Å². The average molecular weight is 383 g/mol. The molecule has 5 nitrogen and oxygen atoms in total. The second kappa shape index (κ2) is 6.91. The molecular weight excluding hydrogens is 364 g/mol. The summed E-state index contributed by atoms with van der Waals surface area (Å²) in [5.41, 5.74) is 1.96. The maximum Gasteiger partial charge on any atom is 0.282 e. The summed E-state index contributed by atoms with van der Waals surface area (Å²) in [4.78, 5) is 18.0. The molecule has 3 rings (SSSR count). The third-order valence-corrected chi connectivity index (χ3v) is 5.83. The van der Waals surface area contributed by atoms with E-state index < -0.39 is 0 Å². The Labute approximate surface area is 141 Å². The summed E-state index contributed by atoms with van der Waals surface area (Å²) in [6.07, 6.45) is 8.59. The van der Waals surface area contributed by atoms with Crippen molar-refractivity contribution in [2.24, 2.45) is 7.05 Å². The van der Waals surface area contributed by atoms with Crippen LogP contribution < -0.4 is 10.9 Å². The van der Waals surface area contributed by atoms with Crippen molar-refractivity contribution in [2.45, 2.75) is 38.5 Å². The van der Waals surface area contributed by atoms with Gasteiger partial charge in [-0.25, -0.2) is 9.67 Å². The average Bonchev–Trinajstić information content (AvgIpc) is 2.94. The number of aromatic nitrogens is 3. The summed E-state index contributed by atoms with van der Waals surface area (Å²) >= 11 is 5.20. The van der Waals surface area contributed by atoms with Crippen LogP contribution in [0.25, 0.3) is 0 Å². The highest BCUT2D eigenvalue weighted by atomic mass is 79.9. The Morgan fingerprint density at radius 1 is 1.41 bits per heavy atom. The van der Waals surface area contributed by atoms with E-state index in [1.54, 1.807) is 13.2 Å². The van der Waals surface area contributed by atoms with E-state index in [0.29, 0.717) is 4.47 Å². The third-order valence-electron chi connectivity index (χ3n) is 3.85. The Hall–Kier alpha value is -1.21. The Bertz CT molecular complexity index is 701. The standard InChI is InChI=1S/C15H19BrN4OS/c1-20-15(21)14(16)11(9-18-20)17-8-4-7-13-19-10-5-2-3-6-12(10)22-13/h9,17H,2-8H2,1H3. The van der Waals surface area contributed by atoms with Crippen LogP contribution >= 0.6 is 27.3 Å². The molecule has 2 aromatic rings. The van der Waals surface area contributed by atoms with Gasteiger partial charge in [-0.3, -0.25) is 4.79 Å². The molecule has 0 radical (unpaired) electrons. The largest absolute Gasteiger partial charge is 0.383 e. The van der Waals surface area contributed by atoms with Crippen molar-refractivity contribution in [3.63, 3.8) is 0 Å². The number of nitrogens with one attached hydrogen (secondary N) is 1. The van der Waals surface area contributed by atoms with E-state index in [-0.39, 0.29) is 5.56 Å². The lowest BCUT2D eigenvalue weighted by Gasteiger charge is -2.07. The molecule has 0 amide bonds. The van der Waals surface area contributed by atoms with E-state index in [9.17, 15) is 4.79 Å². The van der Waals surface area contributed by atoms with Gasteiger partial charge in [0.1, 0.15) is 4.47 Å². The topological polar surface area (TPSA) is 59.8 Å². The summed E-state index contributed by atoms with van der Waals surface area (Å²) in [5.74, 6) is 0. The maximum atomic E-state index is 11.8. The predicted molar refractivity (Wildman–Crippen MR) is 92.7 cm³/mol. The zero-order valence-corrected chi connectivity index (χ0v) is 15.0. The molecule has 1 aliphatic rings. The predicted octanol–water partition coefficient (Wildman–Crippen LogP) is 2.92. The molecule has 0 unspecified atom stereocenters. The van der Waals surface area contributed by atoms with Gasteiger partial charge in [0.25, 0.3) is 5.56 Å². The zero-order chi connectivity index (χ0) is 15.5. The molecule has 0 aromatic carbocycles. The molecule has 0 saturated carbocycles. The van der Waals surface area contributed by atoms with Crippen LogP contribution in [0.1, 0.15) is 34.8 Å². The number of halogens is 1. The van der Waals surface area contributed by atoms with Crippen molar-refractivity contribution < 1.29 is 0 Å². The molecule has 0 spiro atoms. The molecule has 0 bridgehead atoms. The van der Waals surface area contributed by atoms with E-state index in [2.05, 4.69) is 26.3 Å². The van der Waals surface area contributed by atoms with Crippen LogP contribution in [0.3, 0.4) is 0 Å². The van der Waals surface area contributed by atoms with Gasteiger partial charge in [0.2, 0.25) is 0 Å². The summed E-state index contributed by atoms with van der Waals surface area (Å²) in [7, 11) is 1.64. The first-order chi connectivity index (χ1) is 10.6. The van der Waals surface area contributed by atoms with Gasteiger partial charge in [-0.15, -0.1) is 11.3 Å². The van der Waals surface area contributed by atoms with Crippen LogP contribution in [0.5, 0.6) is 0 Å². The monoisotopic (exact) mass is 382 g/mol. The fourth-order valence-electron chi connectivity index (χ4n) is 2.61. The highest BCUT2D eigenvalue weighted by Gasteiger charge is 2.14. The van der Waals surface area contributed by atoms with Crippen molar-refractivity contribution in [1.29, 1.82) is 0 Å². The number of nitrogens with zero attached hydrogens (tertiary/aromatic N) is 3.